The molecule has 5 nitrogen and oxygen atoms in total. The monoisotopic (exact) mass is 275 g/mol. The van der Waals surface area contributed by atoms with Gasteiger partial charge in [0.05, 0.1) is 30.9 Å². The predicted molar refractivity (Wildman–Crippen MR) is 79.1 cm³/mol. The normalized spacial score (nSPS) is 19.1. The molecule has 2 aromatic rings. The van der Waals surface area contributed by atoms with E-state index in [0.717, 1.165) is 43.1 Å². The van der Waals surface area contributed by atoms with E-state index in [-0.39, 0.29) is 0 Å². The molecule has 1 aromatic carbocycles. The van der Waals surface area contributed by atoms with Gasteiger partial charge in [0, 0.05) is 26.1 Å². The van der Waals surface area contributed by atoms with Crippen molar-refractivity contribution < 1.29 is 9.47 Å². The van der Waals surface area contributed by atoms with Gasteiger partial charge in [-0.05, 0) is 18.6 Å². The minimum atomic E-state index is 0.583. The molecule has 5 heteroatoms. The van der Waals surface area contributed by atoms with Crippen LogP contribution in [0.3, 0.4) is 0 Å². The highest BCUT2D eigenvalue weighted by atomic mass is 16.5. The van der Waals surface area contributed by atoms with Crippen molar-refractivity contribution in [2.24, 2.45) is 5.92 Å². The first kappa shape index (κ1) is 13.4. The van der Waals surface area contributed by atoms with Crippen molar-refractivity contribution in [2.45, 2.75) is 6.42 Å². The predicted octanol–water partition coefficient (Wildman–Crippen LogP) is 2.05. The van der Waals surface area contributed by atoms with Gasteiger partial charge in [-0.25, -0.2) is 4.98 Å². The lowest BCUT2D eigenvalue weighted by molar-refractivity contribution is 0.0549. The van der Waals surface area contributed by atoms with E-state index in [9.17, 15) is 0 Å². The van der Waals surface area contributed by atoms with Gasteiger partial charge in [0.1, 0.15) is 0 Å². The van der Waals surface area contributed by atoms with Crippen LogP contribution in [0.25, 0.3) is 11.0 Å². The van der Waals surface area contributed by atoms with Crippen molar-refractivity contribution in [2.75, 3.05) is 44.9 Å². The topological polar surface area (TPSA) is 50.4 Å². The zero-order valence-electron chi connectivity index (χ0n) is 11.8. The quantitative estimate of drug-likeness (QED) is 0.820. The Bertz CT molecular complexity index is 522. The minimum absolute atomic E-state index is 0.583. The summed E-state index contributed by atoms with van der Waals surface area (Å²) in [6.45, 7) is 4.20. The van der Waals surface area contributed by atoms with E-state index in [1.807, 2.05) is 18.2 Å². The third-order valence-corrected chi connectivity index (χ3v) is 3.75. The average molecular weight is 275 g/mol. The number of ether oxygens (including phenoxy) is 2. The number of nitrogens with zero attached hydrogens (tertiary/aromatic N) is 2. The standard InChI is InChI=1S/C15H21N3O2/c1-19-8-9-20-11-12-6-7-18(10-12)15-16-13-4-2-3-5-14(13)17-15/h2-5,12H,6-11H2,1H3,(H,16,17). The summed E-state index contributed by atoms with van der Waals surface area (Å²) in [5, 5.41) is 0. The molecule has 1 unspecified atom stereocenters. The van der Waals surface area contributed by atoms with Gasteiger partial charge in [0.15, 0.2) is 0 Å². The second-order valence-corrected chi connectivity index (χ2v) is 5.25. The van der Waals surface area contributed by atoms with Crippen molar-refractivity contribution in [3.05, 3.63) is 24.3 Å². The minimum Gasteiger partial charge on any atom is -0.382 e. The van der Waals surface area contributed by atoms with Crippen LogP contribution in [0.4, 0.5) is 5.95 Å². The number of hydrogen-bond donors (Lipinski definition) is 1. The zero-order valence-corrected chi connectivity index (χ0v) is 11.8. The van der Waals surface area contributed by atoms with Gasteiger partial charge >= 0.3 is 0 Å². The van der Waals surface area contributed by atoms with Crippen LogP contribution in [-0.2, 0) is 9.47 Å². The summed E-state index contributed by atoms with van der Waals surface area (Å²) in [4.78, 5) is 10.3. The lowest BCUT2D eigenvalue weighted by Crippen LogP contribution is -2.22. The first-order valence-electron chi connectivity index (χ1n) is 7.13. The number of imidazole rings is 1. The summed E-state index contributed by atoms with van der Waals surface area (Å²) in [7, 11) is 1.70. The number of benzene rings is 1. The van der Waals surface area contributed by atoms with E-state index in [4.69, 9.17) is 9.47 Å². The molecule has 1 fully saturated rings. The molecule has 1 aromatic heterocycles. The third-order valence-electron chi connectivity index (χ3n) is 3.75. The number of fused-ring (bicyclic) bond motifs is 1. The molecule has 1 saturated heterocycles. The van der Waals surface area contributed by atoms with Crippen molar-refractivity contribution >= 4 is 17.0 Å². The van der Waals surface area contributed by atoms with E-state index in [2.05, 4.69) is 20.9 Å². The van der Waals surface area contributed by atoms with Crippen LogP contribution in [0.15, 0.2) is 24.3 Å². The van der Waals surface area contributed by atoms with Crippen LogP contribution in [-0.4, -0.2) is 50.0 Å². The van der Waals surface area contributed by atoms with Gasteiger partial charge in [0.25, 0.3) is 0 Å². The van der Waals surface area contributed by atoms with Crippen LogP contribution in [0.1, 0.15) is 6.42 Å². The van der Waals surface area contributed by atoms with Gasteiger partial charge in [-0.2, -0.15) is 0 Å². The highest BCUT2D eigenvalue weighted by Gasteiger charge is 2.24. The summed E-state index contributed by atoms with van der Waals surface area (Å²) in [6.07, 6.45) is 1.16. The number of hydrogen-bond acceptors (Lipinski definition) is 4. The second-order valence-electron chi connectivity index (χ2n) is 5.25. The van der Waals surface area contributed by atoms with Crippen LogP contribution in [0.2, 0.25) is 0 Å². The zero-order chi connectivity index (χ0) is 13.8. The van der Waals surface area contributed by atoms with Crippen molar-refractivity contribution in [3.8, 4) is 0 Å². The summed E-state index contributed by atoms with van der Waals surface area (Å²) < 4.78 is 10.6. The molecule has 20 heavy (non-hydrogen) atoms. The Morgan fingerprint density at radius 2 is 2.25 bits per heavy atom. The number of para-hydroxylation sites is 2. The third kappa shape index (κ3) is 2.94. The second kappa shape index (κ2) is 6.24. The van der Waals surface area contributed by atoms with Crippen molar-refractivity contribution in [3.63, 3.8) is 0 Å². The maximum Gasteiger partial charge on any atom is 0.203 e. The van der Waals surface area contributed by atoms with E-state index in [1.165, 1.54) is 0 Å². The molecule has 3 rings (SSSR count). The Labute approximate surface area is 118 Å². The SMILES string of the molecule is COCCOCC1CCN(c2nc3ccccc3[nH]2)C1. The molecule has 108 valence electrons. The molecule has 1 N–H and O–H groups in total. The Morgan fingerprint density at radius 3 is 3.10 bits per heavy atom. The van der Waals surface area contributed by atoms with Crippen LogP contribution in [0, 0.1) is 5.92 Å². The first-order valence-corrected chi connectivity index (χ1v) is 7.13. The van der Waals surface area contributed by atoms with E-state index in [1.54, 1.807) is 7.11 Å². The number of nitrogens with one attached hydrogen (secondary N) is 1. The molecule has 0 bridgehead atoms. The number of rotatable bonds is 6. The summed E-state index contributed by atoms with van der Waals surface area (Å²) >= 11 is 0. The summed E-state index contributed by atoms with van der Waals surface area (Å²) in [6, 6.07) is 8.15. The van der Waals surface area contributed by atoms with Gasteiger partial charge in [0.2, 0.25) is 5.95 Å². The fourth-order valence-corrected chi connectivity index (χ4v) is 2.64. The molecule has 0 spiro atoms. The Hall–Kier alpha value is -1.59. The fraction of sp³-hybridized carbons (Fsp3) is 0.533. The van der Waals surface area contributed by atoms with Crippen LogP contribution in [0.5, 0.6) is 0 Å². The maximum absolute atomic E-state index is 5.62. The van der Waals surface area contributed by atoms with Crippen LogP contribution < -0.4 is 4.90 Å². The van der Waals surface area contributed by atoms with Crippen molar-refractivity contribution in [1.29, 1.82) is 0 Å². The molecule has 0 aliphatic carbocycles. The van der Waals surface area contributed by atoms with Crippen LogP contribution >= 0.6 is 0 Å². The van der Waals surface area contributed by atoms with Gasteiger partial charge in [-0.15, -0.1) is 0 Å². The highest BCUT2D eigenvalue weighted by molar-refractivity contribution is 5.77. The average Bonchev–Trinajstić information content (AvgIpc) is 3.09. The van der Waals surface area contributed by atoms with Gasteiger partial charge in [-0.1, -0.05) is 12.1 Å². The van der Waals surface area contributed by atoms with E-state index >= 15 is 0 Å². The number of aromatic nitrogens is 2. The maximum atomic E-state index is 5.62. The molecule has 1 aliphatic heterocycles. The molecule has 2 heterocycles. The van der Waals surface area contributed by atoms with Gasteiger partial charge in [-0.3, -0.25) is 0 Å². The molecule has 0 radical (unpaired) electrons. The smallest absolute Gasteiger partial charge is 0.203 e. The highest BCUT2D eigenvalue weighted by Crippen LogP contribution is 2.23. The molecule has 1 atom stereocenters. The van der Waals surface area contributed by atoms with E-state index in [0.29, 0.717) is 19.1 Å². The van der Waals surface area contributed by atoms with Gasteiger partial charge < -0.3 is 19.4 Å². The molecular weight excluding hydrogens is 254 g/mol. The largest absolute Gasteiger partial charge is 0.382 e. The molecule has 0 amide bonds. The number of methoxy groups -OCH3 is 1. The molecule has 0 saturated carbocycles. The van der Waals surface area contributed by atoms with Crippen molar-refractivity contribution in [1.82, 2.24) is 9.97 Å². The first-order chi connectivity index (χ1) is 9.86. The lowest BCUT2D eigenvalue weighted by Gasteiger charge is -2.15. The summed E-state index contributed by atoms with van der Waals surface area (Å²) in [5.74, 6) is 1.56. The summed E-state index contributed by atoms with van der Waals surface area (Å²) in [5.41, 5.74) is 2.13. The van der Waals surface area contributed by atoms with E-state index < -0.39 is 0 Å². The fourth-order valence-electron chi connectivity index (χ4n) is 2.64. The lowest BCUT2D eigenvalue weighted by atomic mass is 10.1. The Morgan fingerprint density at radius 1 is 1.35 bits per heavy atom. The Kier molecular flexibility index (Phi) is 4.18. The molecular formula is C15H21N3O2. The number of aromatic amines is 1. The number of anilines is 1. The number of H-pyrrole nitrogens is 1. The molecule has 1 aliphatic rings. The Balaban J connectivity index is 1.56.